The second-order valence-electron chi connectivity index (χ2n) is 4.59. The first-order valence-corrected chi connectivity index (χ1v) is 8.46. The van der Waals surface area contributed by atoms with Crippen LogP contribution in [0.25, 0.3) is 0 Å². The average molecular weight is 334 g/mol. The molecular weight excluding hydrogens is 322 g/mol. The van der Waals surface area contributed by atoms with Crippen LogP contribution in [0.1, 0.15) is 15.9 Å². The van der Waals surface area contributed by atoms with Crippen molar-refractivity contribution in [2.75, 3.05) is 11.6 Å². The van der Waals surface area contributed by atoms with E-state index in [9.17, 15) is 13.2 Å². The molecule has 1 amide bonds. The van der Waals surface area contributed by atoms with Crippen LogP contribution in [0.4, 0.5) is 5.69 Å². The van der Waals surface area contributed by atoms with Crippen molar-refractivity contribution in [3.8, 4) is 12.3 Å². The number of hydrogen-bond donors (Lipinski definition) is 1. The van der Waals surface area contributed by atoms with Gasteiger partial charge in [0, 0.05) is 17.5 Å². The van der Waals surface area contributed by atoms with Crippen LogP contribution < -0.4 is 5.32 Å². The molecule has 0 aliphatic carbocycles. The Morgan fingerprint density at radius 3 is 2.59 bits per heavy atom. The highest BCUT2D eigenvalue weighted by atomic mass is 35.5. The Morgan fingerprint density at radius 2 is 1.95 bits per heavy atom. The van der Waals surface area contributed by atoms with Gasteiger partial charge in [-0.05, 0) is 36.4 Å². The predicted octanol–water partition coefficient (Wildman–Crippen LogP) is 2.98. The molecule has 0 aliphatic heterocycles. The summed E-state index contributed by atoms with van der Waals surface area (Å²) in [6.45, 7) is 0. The SMILES string of the molecule is C#Cc1cccc(NC(=O)c2cc(S(C)(=O)=O)ccc2Cl)c1. The molecule has 0 aromatic heterocycles. The van der Waals surface area contributed by atoms with E-state index in [4.69, 9.17) is 18.0 Å². The van der Waals surface area contributed by atoms with E-state index in [0.29, 0.717) is 11.3 Å². The lowest BCUT2D eigenvalue weighted by Crippen LogP contribution is -2.13. The van der Waals surface area contributed by atoms with Crippen LogP contribution in [-0.2, 0) is 9.84 Å². The van der Waals surface area contributed by atoms with Gasteiger partial charge in [0.25, 0.3) is 5.91 Å². The monoisotopic (exact) mass is 333 g/mol. The van der Waals surface area contributed by atoms with Gasteiger partial charge in [-0.15, -0.1) is 6.42 Å². The number of sulfone groups is 1. The minimum absolute atomic E-state index is 0.0272. The molecule has 0 saturated heterocycles. The van der Waals surface area contributed by atoms with Gasteiger partial charge in [-0.1, -0.05) is 23.6 Å². The standard InChI is InChI=1S/C16H12ClNO3S/c1-3-11-5-4-6-12(9-11)18-16(19)14-10-13(22(2,20)21)7-8-15(14)17/h1,4-10H,2H3,(H,18,19). The largest absolute Gasteiger partial charge is 0.322 e. The second kappa shape index (κ2) is 6.22. The first kappa shape index (κ1) is 16.1. The van der Waals surface area contributed by atoms with E-state index in [1.807, 2.05) is 0 Å². The lowest BCUT2D eigenvalue weighted by atomic mass is 10.2. The maximum Gasteiger partial charge on any atom is 0.257 e. The van der Waals surface area contributed by atoms with Crippen LogP contribution in [0.3, 0.4) is 0 Å². The number of rotatable bonds is 3. The molecule has 0 saturated carbocycles. The summed E-state index contributed by atoms with van der Waals surface area (Å²) in [5, 5.41) is 2.80. The average Bonchev–Trinajstić information content (AvgIpc) is 2.46. The fourth-order valence-electron chi connectivity index (χ4n) is 1.79. The number of nitrogens with one attached hydrogen (secondary N) is 1. The maximum absolute atomic E-state index is 12.3. The molecule has 0 unspecified atom stereocenters. The second-order valence-corrected chi connectivity index (χ2v) is 7.02. The van der Waals surface area contributed by atoms with E-state index >= 15 is 0 Å². The Hall–Kier alpha value is -2.29. The molecule has 0 aliphatic rings. The van der Waals surface area contributed by atoms with Crippen LogP contribution in [0, 0.1) is 12.3 Å². The van der Waals surface area contributed by atoms with E-state index < -0.39 is 15.7 Å². The van der Waals surface area contributed by atoms with E-state index in [0.717, 1.165) is 6.26 Å². The molecular formula is C16H12ClNO3S. The van der Waals surface area contributed by atoms with Crippen molar-refractivity contribution < 1.29 is 13.2 Å². The van der Waals surface area contributed by atoms with Gasteiger partial charge in [-0.25, -0.2) is 8.42 Å². The van der Waals surface area contributed by atoms with Crippen molar-refractivity contribution in [3.63, 3.8) is 0 Å². The number of amides is 1. The van der Waals surface area contributed by atoms with Gasteiger partial charge in [-0.3, -0.25) is 4.79 Å². The van der Waals surface area contributed by atoms with Crippen molar-refractivity contribution in [3.05, 3.63) is 58.6 Å². The van der Waals surface area contributed by atoms with E-state index in [1.165, 1.54) is 18.2 Å². The normalized spacial score (nSPS) is 10.8. The summed E-state index contributed by atoms with van der Waals surface area (Å²) in [5.74, 6) is 1.95. The van der Waals surface area contributed by atoms with Gasteiger partial charge in [-0.2, -0.15) is 0 Å². The molecule has 0 fully saturated rings. The third-order valence-electron chi connectivity index (χ3n) is 2.90. The Labute approximate surface area is 134 Å². The zero-order valence-electron chi connectivity index (χ0n) is 11.6. The van der Waals surface area contributed by atoms with Crippen LogP contribution in [0.2, 0.25) is 5.02 Å². The van der Waals surface area contributed by atoms with Gasteiger partial charge in [0.1, 0.15) is 0 Å². The van der Waals surface area contributed by atoms with E-state index in [-0.39, 0.29) is 15.5 Å². The molecule has 0 bridgehead atoms. The van der Waals surface area contributed by atoms with Crippen LogP contribution in [0.15, 0.2) is 47.4 Å². The van der Waals surface area contributed by atoms with Crippen molar-refractivity contribution >= 4 is 33.0 Å². The van der Waals surface area contributed by atoms with Gasteiger partial charge in [0.15, 0.2) is 9.84 Å². The third kappa shape index (κ3) is 3.67. The topological polar surface area (TPSA) is 63.2 Å². The Kier molecular flexibility index (Phi) is 4.55. The fourth-order valence-corrected chi connectivity index (χ4v) is 2.64. The molecule has 6 heteroatoms. The van der Waals surface area contributed by atoms with Crippen molar-refractivity contribution in [2.24, 2.45) is 0 Å². The smallest absolute Gasteiger partial charge is 0.257 e. The van der Waals surface area contributed by atoms with Crippen molar-refractivity contribution in [2.45, 2.75) is 4.90 Å². The summed E-state index contributed by atoms with van der Waals surface area (Å²) in [7, 11) is -3.42. The molecule has 1 N–H and O–H groups in total. The van der Waals surface area contributed by atoms with Gasteiger partial charge in [0.2, 0.25) is 0 Å². The molecule has 22 heavy (non-hydrogen) atoms. The van der Waals surface area contributed by atoms with E-state index in [1.54, 1.807) is 24.3 Å². The highest BCUT2D eigenvalue weighted by molar-refractivity contribution is 7.90. The van der Waals surface area contributed by atoms with Crippen molar-refractivity contribution in [1.82, 2.24) is 0 Å². The molecule has 0 radical (unpaired) electrons. The Bertz CT molecular complexity index is 883. The minimum atomic E-state index is -3.42. The molecule has 2 aromatic carbocycles. The highest BCUT2D eigenvalue weighted by Gasteiger charge is 2.15. The van der Waals surface area contributed by atoms with Crippen LogP contribution >= 0.6 is 11.6 Å². The zero-order valence-corrected chi connectivity index (χ0v) is 13.2. The first-order valence-electron chi connectivity index (χ1n) is 6.19. The van der Waals surface area contributed by atoms with Crippen molar-refractivity contribution in [1.29, 1.82) is 0 Å². The Balaban J connectivity index is 2.35. The third-order valence-corrected chi connectivity index (χ3v) is 4.34. The summed E-state index contributed by atoms with van der Waals surface area (Å²) >= 11 is 5.98. The number of anilines is 1. The van der Waals surface area contributed by atoms with Gasteiger partial charge >= 0.3 is 0 Å². The summed E-state index contributed by atoms with van der Waals surface area (Å²) in [4.78, 5) is 12.3. The fraction of sp³-hybridized carbons (Fsp3) is 0.0625. The van der Waals surface area contributed by atoms with Crippen LogP contribution in [0.5, 0.6) is 0 Å². The molecule has 112 valence electrons. The quantitative estimate of drug-likeness (QED) is 0.878. The molecule has 0 heterocycles. The Morgan fingerprint density at radius 1 is 1.23 bits per heavy atom. The lowest BCUT2D eigenvalue weighted by molar-refractivity contribution is 0.102. The van der Waals surface area contributed by atoms with Gasteiger partial charge < -0.3 is 5.32 Å². The molecule has 0 spiro atoms. The number of benzene rings is 2. The predicted molar refractivity (Wildman–Crippen MR) is 86.9 cm³/mol. The summed E-state index contributed by atoms with van der Waals surface area (Å²) in [6, 6.07) is 10.7. The maximum atomic E-state index is 12.3. The summed E-state index contributed by atoms with van der Waals surface area (Å²) in [6.07, 6.45) is 6.37. The molecule has 0 atom stereocenters. The number of terminal acetylenes is 1. The summed E-state index contributed by atoms with van der Waals surface area (Å²) < 4.78 is 23.1. The lowest BCUT2D eigenvalue weighted by Gasteiger charge is -2.08. The van der Waals surface area contributed by atoms with Crippen LogP contribution in [-0.4, -0.2) is 20.6 Å². The number of hydrogen-bond acceptors (Lipinski definition) is 3. The summed E-state index contributed by atoms with van der Waals surface area (Å²) in [5.41, 5.74) is 1.20. The minimum Gasteiger partial charge on any atom is -0.322 e. The number of carbonyl (C=O) groups excluding carboxylic acids is 1. The highest BCUT2D eigenvalue weighted by Crippen LogP contribution is 2.22. The molecule has 2 aromatic rings. The van der Waals surface area contributed by atoms with E-state index in [2.05, 4.69) is 11.2 Å². The molecule has 4 nitrogen and oxygen atoms in total. The van der Waals surface area contributed by atoms with Gasteiger partial charge in [0.05, 0.1) is 15.5 Å². The number of carbonyl (C=O) groups is 1. The number of halogens is 1. The first-order chi connectivity index (χ1) is 10.3. The molecule has 2 rings (SSSR count). The zero-order chi connectivity index (χ0) is 16.3.